The zero-order valence-electron chi connectivity index (χ0n) is 9.70. The fourth-order valence-corrected chi connectivity index (χ4v) is 2.86. The van der Waals surface area contributed by atoms with Gasteiger partial charge in [-0.05, 0) is 31.6 Å². The molecule has 2 rings (SSSR count). The van der Waals surface area contributed by atoms with E-state index in [9.17, 15) is 9.90 Å². The van der Waals surface area contributed by atoms with Gasteiger partial charge in [-0.2, -0.15) is 0 Å². The molecule has 0 radical (unpaired) electrons. The molecule has 92 valence electrons. The SMILES string of the molecule is CC1CCC(C2CNCNC2)C(C(=O)O)N1. The molecule has 3 atom stereocenters. The summed E-state index contributed by atoms with van der Waals surface area (Å²) in [7, 11) is 0. The molecule has 2 aliphatic heterocycles. The highest BCUT2D eigenvalue weighted by Crippen LogP contribution is 2.27. The lowest BCUT2D eigenvalue weighted by Gasteiger charge is -2.40. The maximum absolute atomic E-state index is 11.2. The minimum absolute atomic E-state index is 0.244. The van der Waals surface area contributed by atoms with Gasteiger partial charge in [0.15, 0.2) is 0 Å². The van der Waals surface area contributed by atoms with E-state index in [-0.39, 0.29) is 12.0 Å². The third-order valence-corrected chi connectivity index (χ3v) is 3.76. The summed E-state index contributed by atoms with van der Waals surface area (Å²) in [5.74, 6) is -0.0361. The molecular weight excluding hydrogens is 206 g/mol. The maximum atomic E-state index is 11.2. The molecule has 2 heterocycles. The second-order valence-corrected chi connectivity index (χ2v) is 4.97. The van der Waals surface area contributed by atoms with Crippen LogP contribution in [0.15, 0.2) is 0 Å². The summed E-state index contributed by atoms with van der Waals surface area (Å²) in [6.45, 7) is 4.75. The molecule has 3 unspecified atom stereocenters. The Morgan fingerprint density at radius 3 is 2.56 bits per heavy atom. The largest absolute Gasteiger partial charge is 0.480 e. The van der Waals surface area contributed by atoms with Crippen molar-refractivity contribution < 1.29 is 9.90 Å². The van der Waals surface area contributed by atoms with Gasteiger partial charge < -0.3 is 21.1 Å². The standard InChI is InChI=1S/C11H21N3O2/c1-7-2-3-9(10(14-7)11(15)16)8-4-12-6-13-5-8/h7-10,12-14H,2-6H2,1H3,(H,15,16). The van der Waals surface area contributed by atoms with E-state index in [4.69, 9.17) is 0 Å². The molecule has 0 saturated carbocycles. The summed E-state index contributed by atoms with van der Waals surface area (Å²) in [5.41, 5.74) is 0. The molecule has 0 bridgehead atoms. The van der Waals surface area contributed by atoms with Crippen LogP contribution in [0.25, 0.3) is 0 Å². The Kier molecular flexibility index (Phi) is 3.78. The van der Waals surface area contributed by atoms with Gasteiger partial charge in [0.2, 0.25) is 0 Å². The lowest BCUT2D eigenvalue weighted by Crippen LogP contribution is -2.57. The van der Waals surface area contributed by atoms with Crippen molar-refractivity contribution in [2.75, 3.05) is 19.8 Å². The van der Waals surface area contributed by atoms with Crippen molar-refractivity contribution in [3.8, 4) is 0 Å². The molecule has 0 aromatic heterocycles. The van der Waals surface area contributed by atoms with Crippen LogP contribution in [0.3, 0.4) is 0 Å². The molecule has 0 amide bonds. The molecule has 5 heteroatoms. The van der Waals surface area contributed by atoms with Gasteiger partial charge in [-0.25, -0.2) is 0 Å². The van der Waals surface area contributed by atoms with Crippen molar-refractivity contribution in [3.63, 3.8) is 0 Å². The number of rotatable bonds is 2. The number of carbonyl (C=O) groups is 1. The maximum Gasteiger partial charge on any atom is 0.321 e. The van der Waals surface area contributed by atoms with E-state index >= 15 is 0 Å². The van der Waals surface area contributed by atoms with Crippen LogP contribution in [0, 0.1) is 11.8 Å². The molecule has 2 aliphatic rings. The summed E-state index contributed by atoms with van der Waals surface area (Å²) >= 11 is 0. The fraction of sp³-hybridized carbons (Fsp3) is 0.909. The Balaban J connectivity index is 2.02. The number of nitrogens with one attached hydrogen (secondary N) is 3. The van der Waals surface area contributed by atoms with Gasteiger partial charge in [0, 0.05) is 25.8 Å². The highest BCUT2D eigenvalue weighted by atomic mass is 16.4. The molecule has 4 N–H and O–H groups in total. The second-order valence-electron chi connectivity index (χ2n) is 4.97. The Morgan fingerprint density at radius 2 is 1.94 bits per heavy atom. The molecule has 0 aliphatic carbocycles. The van der Waals surface area contributed by atoms with E-state index in [1.165, 1.54) is 0 Å². The van der Waals surface area contributed by atoms with Crippen LogP contribution in [0.2, 0.25) is 0 Å². The average molecular weight is 227 g/mol. The minimum Gasteiger partial charge on any atom is -0.480 e. The molecule has 2 saturated heterocycles. The van der Waals surface area contributed by atoms with E-state index in [2.05, 4.69) is 22.9 Å². The quantitative estimate of drug-likeness (QED) is 0.516. The van der Waals surface area contributed by atoms with Crippen LogP contribution >= 0.6 is 0 Å². The first kappa shape index (κ1) is 11.8. The van der Waals surface area contributed by atoms with Crippen molar-refractivity contribution in [2.45, 2.75) is 31.8 Å². The number of carboxylic acids is 1. The monoisotopic (exact) mass is 227 g/mol. The van der Waals surface area contributed by atoms with Crippen LogP contribution in [0.4, 0.5) is 0 Å². The first-order valence-corrected chi connectivity index (χ1v) is 6.08. The number of carboxylic acid groups (broad SMARTS) is 1. The summed E-state index contributed by atoms with van der Waals surface area (Å²) in [5, 5.41) is 19.0. The number of piperidine rings is 1. The highest BCUT2D eigenvalue weighted by Gasteiger charge is 2.38. The number of hydrogen-bond donors (Lipinski definition) is 4. The first-order valence-electron chi connectivity index (χ1n) is 6.08. The molecule has 0 aromatic carbocycles. The second kappa shape index (κ2) is 5.12. The van der Waals surface area contributed by atoms with Gasteiger partial charge in [0.1, 0.15) is 6.04 Å². The smallest absolute Gasteiger partial charge is 0.321 e. The van der Waals surface area contributed by atoms with Crippen LogP contribution in [-0.4, -0.2) is 42.9 Å². The molecule has 0 spiro atoms. The van der Waals surface area contributed by atoms with E-state index in [1.54, 1.807) is 0 Å². The third-order valence-electron chi connectivity index (χ3n) is 3.76. The topological polar surface area (TPSA) is 73.4 Å². The molecule has 2 fully saturated rings. The molecular formula is C11H21N3O2. The van der Waals surface area contributed by atoms with Crippen molar-refractivity contribution in [2.24, 2.45) is 11.8 Å². The van der Waals surface area contributed by atoms with Crippen LogP contribution in [0.1, 0.15) is 19.8 Å². The summed E-state index contributed by atoms with van der Waals surface area (Å²) in [6.07, 6.45) is 2.09. The number of aliphatic carboxylic acids is 1. The zero-order chi connectivity index (χ0) is 11.5. The summed E-state index contributed by atoms with van der Waals surface area (Å²) in [4.78, 5) is 11.2. The zero-order valence-corrected chi connectivity index (χ0v) is 9.70. The van der Waals surface area contributed by atoms with Gasteiger partial charge in [-0.15, -0.1) is 0 Å². The van der Waals surface area contributed by atoms with E-state index in [0.717, 1.165) is 32.6 Å². The normalized spacial score (nSPS) is 37.2. The van der Waals surface area contributed by atoms with Crippen molar-refractivity contribution in [1.29, 1.82) is 0 Å². The summed E-state index contributed by atoms with van der Waals surface area (Å²) in [6, 6.07) is -0.0580. The van der Waals surface area contributed by atoms with E-state index in [1.807, 2.05) is 0 Å². The minimum atomic E-state index is -0.706. The van der Waals surface area contributed by atoms with Gasteiger partial charge in [0.25, 0.3) is 0 Å². The molecule has 16 heavy (non-hydrogen) atoms. The first-order chi connectivity index (χ1) is 7.68. The van der Waals surface area contributed by atoms with Crippen molar-refractivity contribution >= 4 is 5.97 Å². The Labute approximate surface area is 96.0 Å². The number of hydrogen-bond acceptors (Lipinski definition) is 4. The van der Waals surface area contributed by atoms with Crippen molar-refractivity contribution in [1.82, 2.24) is 16.0 Å². The van der Waals surface area contributed by atoms with Gasteiger partial charge >= 0.3 is 5.97 Å². The lowest BCUT2D eigenvalue weighted by molar-refractivity contribution is -0.143. The predicted octanol–water partition coefficient (Wildman–Crippen LogP) is -0.406. The highest BCUT2D eigenvalue weighted by molar-refractivity contribution is 5.74. The van der Waals surface area contributed by atoms with Gasteiger partial charge in [-0.3, -0.25) is 4.79 Å². The van der Waals surface area contributed by atoms with E-state index in [0.29, 0.717) is 12.0 Å². The Bertz CT molecular complexity index is 254. The van der Waals surface area contributed by atoms with Crippen LogP contribution in [-0.2, 0) is 4.79 Å². The summed E-state index contributed by atoms with van der Waals surface area (Å²) < 4.78 is 0. The lowest BCUT2D eigenvalue weighted by atomic mass is 9.78. The molecule has 5 nitrogen and oxygen atoms in total. The predicted molar refractivity (Wildman–Crippen MR) is 61.1 cm³/mol. The van der Waals surface area contributed by atoms with Crippen LogP contribution < -0.4 is 16.0 Å². The van der Waals surface area contributed by atoms with Crippen molar-refractivity contribution in [3.05, 3.63) is 0 Å². The van der Waals surface area contributed by atoms with Crippen LogP contribution in [0.5, 0.6) is 0 Å². The van der Waals surface area contributed by atoms with Gasteiger partial charge in [0.05, 0.1) is 0 Å². The molecule has 0 aromatic rings. The van der Waals surface area contributed by atoms with Gasteiger partial charge in [-0.1, -0.05) is 0 Å². The third kappa shape index (κ3) is 2.53. The Hall–Kier alpha value is -0.650. The average Bonchev–Trinajstić information content (AvgIpc) is 2.30. The van der Waals surface area contributed by atoms with E-state index < -0.39 is 5.97 Å². The Morgan fingerprint density at radius 1 is 1.25 bits per heavy atom. The fourth-order valence-electron chi connectivity index (χ4n) is 2.86.